The summed E-state index contributed by atoms with van der Waals surface area (Å²) in [4.78, 5) is 3.81. The van der Waals surface area contributed by atoms with Gasteiger partial charge in [0.2, 0.25) is 0 Å². The molecule has 124 valence electrons. The van der Waals surface area contributed by atoms with Gasteiger partial charge in [0.1, 0.15) is 5.69 Å². The van der Waals surface area contributed by atoms with Crippen LogP contribution >= 0.6 is 12.2 Å². The number of rotatable bonds is 3. The summed E-state index contributed by atoms with van der Waals surface area (Å²) in [5, 5.41) is 2.24. The molecule has 1 saturated carbocycles. The van der Waals surface area contributed by atoms with Crippen LogP contribution in [-0.4, -0.2) is 5.16 Å². The summed E-state index contributed by atoms with van der Waals surface area (Å²) in [5.41, 5.74) is 4.36. The fraction of sp³-hybridized carbons (Fsp3) is 0.381. The maximum Gasteiger partial charge on any atom is 0.150 e. The minimum Gasteiger partial charge on any atom is -0.205 e. The standard InChI is InChI=1S/C21H22FNS/c1-14-3-5-16(6-4-14)17-7-9-18(10-8-17)19-11-15(2)21(23-13-24)20(22)12-19/h7-12,14,16H,3-6H2,1-2H3. The lowest BCUT2D eigenvalue weighted by Gasteiger charge is -2.26. The molecule has 1 fully saturated rings. The average molecular weight is 339 g/mol. The molecule has 0 saturated heterocycles. The Bertz CT molecular complexity index is 744. The minimum absolute atomic E-state index is 0.279. The van der Waals surface area contributed by atoms with Crippen molar-refractivity contribution < 1.29 is 4.39 Å². The highest BCUT2D eigenvalue weighted by atomic mass is 32.1. The number of isothiocyanates is 1. The van der Waals surface area contributed by atoms with E-state index in [0.29, 0.717) is 5.92 Å². The zero-order chi connectivity index (χ0) is 17.1. The maximum absolute atomic E-state index is 14.2. The largest absolute Gasteiger partial charge is 0.205 e. The second-order valence-corrected chi connectivity index (χ2v) is 7.09. The van der Waals surface area contributed by atoms with Crippen molar-refractivity contribution in [3.8, 4) is 11.1 Å². The summed E-state index contributed by atoms with van der Waals surface area (Å²) >= 11 is 4.58. The van der Waals surface area contributed by atoms with Crippen molar-refractivity contribution in [1.29, 1.82) is 0 Å². The Morgan fingerprint density at radius 2 is 1.71 bits per heavy atom. The van der Waals surface area contributed by atoms with E-state index >= 15 is 0 Å². The molecule has 0 heterocycles. The van der Waals surface area contributed by atoms with Crippen molar-refractivity contribution in [1.82, 2.24) is 0 Å². The van der Waals surface area contributed by atoms with Gasteiger partial charge in [-0.3, -0.25) is 0 Å². The number of thiocarbonyl (C=S) groups is 1. The molecule has 0 amide bonds. The molecule has 2 aromatic rings. The summed E-state index contributed by atoms with van der Waals surface area (Å²) in [5.74, 6) is 1.18. The summed E-state index contributed by atoms with van der Waals surface area (Å²) in [6.07, 6.45) is 5.19. The SMILES string of the molecule is Cc1cc(-c2ccc(C3CCC(C)CC3)cc2)cc(F)c1N=C=S. The average Bonchev–Trinajstić information content (AvgIpc) is 2.59. The van der Waals surface area contributed by atoms with Crippen molar-refractivity contribution in [3.05, 3.63) is 53.3 Å². The maximum atomic E-state index is 14.2. The monoisotopic (exact) mass is 339 g/mol. The molecular formula is C21H22FNS. The fourth-order valence-corrected chi connectivity index (χ4v) is 3.72. The fourth-order valence-electron chi connectivity index (χ4n) is 3.63. The zero-order valence-electron chi connectivity index (χ0n) is 14.2. The molecule has 24 heavy (non-hydrogen) atoms. The van der Waals surface area contributed by atoms with Crippen LogP contribution in [0.15, 0.2) is 41.4 Å². The van der Waals surface area contributed by atoms with E-state index in [1.165, 1.54) is 37.3 Å². The van der Waals surface area contributed by atoms with Crippen molar-refractivity contribution in [2.75, 3.05) is 0 Å². The first-order valence-corrected chi connectivity index (χ1v) is 8.97. The summed E-state index contributed by atoms with van der Waals surface area (Å²) in [6, 6.07) is 12.1. The molecule has 1 nitrogen and oxygen atoms in total. The summed E-state index contributed by atoms with van der Waals surface area (Å²) in [7, 11) is 0. The van der Waals surface area contributed by atoms with Crippen LogP contribution in [0.3, 0.4) is 0 Å². The van der Waals surface area contributed by atoms with Gasteiger partial charge in [-0.05, 0) is 78.2 Å². The van der Waals surface area contributed by atoms with Crippen molar-refractivity contribution in [2.45, 2.75) is 45.4 Å². The molecule has 3 rings (SSSR count). The van der Waals surface area contributed by atoms with Gasteiger partial charge in [0.05, 0.1) is 5.16 Å². The molecule has 0 N–H and O–H groups in total. The van der Waals surface area contributed by atoms with Gasteiger partial charge in [-0.2, -0.15) is 4.99 Å². The highest BCUT2D eigenvalue weighted by molar-refractivity contribution is 7.78. The van der Waals surface area contributed by atoms with E-state index in [1.54, 1.807) is 0 Å². The molecule has 0 unspecified atom stereocenters. The molecule has 0 aliphatic heterocycles. The summed E-state index contributed by atoms with van der Waals surface area (Å²) < 4.78 is 14.2. The highest BCUT2D eigenvalue weighted by Gasteiger charge is 2.19. The van der Waals surface area contributed by atoms with E-state index in [9.17, 15) is 4.39 Å². The van der Waals surface area contributed by atoms with Gasteiger partial charge in [-0.15, -0.1) is 0 Å². The smallest absolute Gasteiger partial charge is 0.150 e. The quantitative estimate of drug-likeness (QED) is 0.441. The Hall–Kier alpha value is -1.83. The number of aliphatic imine (C=N–C) groups is 1. The molecule has 0 atom stereocenters. The number of nitrogens with zero attached hydrogens (tertiary/aromatic N) is 1. The first-order chi connectivity index (χ1) is 11.6. The van der Waals surface area contributed by atoms with Gasteiger partial charge in [0.25, 0.3) is 0 Å². The lowest BCUT2D eigenvalue weighted by Crippen LogP contribution is -2.10. The Morgan fingerprint density at radius 1 is 1.04 bits per heavy atom. The minimum atomic E-state index is -0.354. The van der Waals surface area contributed by atoms with Crippen molar-refractivity contribution in [3.63, 3.8) is 0 Å². The molecule has 0 aromatic heterocycles. The molecule has 1 aliphatic rings. The first-order valence-electron chi connectivity index (χ1n) is 8.57. The van der Waals surface area contributed by atoms with Crippen LogP contribution < -0.4 is 0 Å². The molecular weight excluding hydrogens is 317 g/mol. The van der Waals surface area contributed by atoms with E-state index in [-0.39, 0.29) is 11.5 Å². The van der Waals surface area contributed by atoms with Gasteiger partial charge >= 0.3 is 0 Å². The predicted molar refractivity (Wildman–Crippen MR) is 102 cm³/mol. The van der Waals surface area contributed by atoms with E-state index in [4.69, 9.17) is 0 Å². The third-order valence-corrected chi connectivity index (χ3v) is 5.23. The first kappa shape index (κ1) is 17.0. The lowest BCUT2D eigenvalue weighted by atomic mass is 9.79. The van der Waals surface area contributed by atoms with Crippen LogP contribution in [0.4, 0.5) is 10.1 Å². The number of hydrogen-bond acceptors (Lipinski definition) is 2. The van der Waals surface area contributed by atoms with E-state index in [1.807, 2.05) is 13.0 Å². The Morgan fingerprint density at radius 3 is 2.29 bits per heavy atom. The zero-order valence-corrected chi connectivity index (χ0v) is 15.0. The van der Waals surface area contributed by atoms with E-state index in [0.717, 1.165) is 22.6 Å². The van der Waals surface area contributed by atoms with Crippen molar-refractivity contribution >= 4 is 23.1 Å². The molecule has 1 aliphatic carbocycles. The van der Waals surface area contributed by atoms with Gasteiger partial charge < -0.3 is 0 Å². The Labute approximate surface area is 148 Å². The predicted octanol–water partition coefficient (Wildman–Crippen LogP) is 6.83. The second-order valence-electron chi connectivity index (χ2n) is 6.91. The molecule has 0 spiro atoms. The van der Waals surface area contributed by atoms with E-state index in [2.05, 4.69) is 53.6 Å². The van der Waals surface area contributed by atoms with Crippen LogP contribution in [-0.2, 0) is 0 Å². The van der Waals surface area contributed by atoms with Gasteiger partial charge in [-0.25, -0.2) is 4.39 Å². The topological polar surface area (TPSA) is 12.4 Å². The van der Waals surface area contributed by atoms with Crippen LogP contribution in [0.2, 0.25) is 0 Å². The number of benzene rings is 2. The molecule has 3 heteroatoms. The van der Waals surface area contributed by atoms with Crippen LogP contribution in [0.25, 0.3) is 11.1 Å². The van der Waals surface area contributed by atoms with E-state index < -0.39 is 0 Å². The second kappa shape index (κ2) is 7.38. The normalized spacial score (nSPS) is 20.5. The third kappa shape index (κ3) is 3.63. The number of aryl methyl sites for hydroxylation is 1. The van der Waals surface area contributed by atoms with Crippen LogP contribution in [0, 0.1) is 18.7 Å². The molecule has 0 radical (unpaired) electrons. The summed E-state index contributed by atoms with van der Waals surface area (Å²) in [6.45, 7) is 4.18. The van der Waals surface area contributed by atoms with Gasteiger partial charge in [-0.1, -0.05) is 44.0 Å². The Balaban J connectivity index is 1.84. The number of halogens is 1. The van der Waals surface area contributed by atoms with Crippen LogP contribution in [0.5, 0.6) is 0 Å². The third-order valence-electron chi connectivity index (χ3n) is 5.14. The number of hydrogen-bond donors (Lipinski definition) is 0. The highest BCUT2D eigenvalue weighted by Crippen LogP contribution is 2.36. The Kier molecular flexibility index (Phi) is 5.23. The molecule has 2 aromatic carbocycles. The van der Waals surface area contributed by atoms with Gasteiger partial charge in [0, 0.05) is 0 Å². The lowest BCUT2D eigenvalue weighted by molar-refractivity contribution is 0.348. The molecule has 0 bridgehead atoms. The van der Waals surface area contributed by atoms with Crippen molar-refractivity contribution in [2.24, 2.45) is 10.9 Å². The van der Waals surface area contributed by atoms with Crippen LogP contribution in [0.1, 0.15) is 49.7 Å². The van der Waals surface area contributed by atoms with Gasteiger partial charge in [0.15, 0.2) is 5.82 Å².